The molecule has 0 aliphatic rings. The minimum absolute atomic E-state index is 0.674. The van der Waals surface area contributed by atoms with Gasteiger partial charge in [0.2, 0.25) is 0 Å². The second-order valence-corrected chi connectivity index (χ2v) is 5.43. The summed E-state index contributed by atoms with van der Waals surface area (Å²) in [5, 5.41) is 12.5. The molecule has 1 unspecified atom stereocenters. The monoisotopic (exact) mass is 232 g/mol. The zero-order valence-electron chi connectivity index (χ0n) is 9.60. The summed E-state index contributed by atoms with van der Waals surface area (Å²) in [6.45, 7) is 3.93. The predicted molar refractivity (Wildman–Crippen MR) is 68.8 cm³/mol. The molecular formula is C14H16OS. The fourth-order valence-electron chi connectivity index (χ4n) is 1.77. The highest BCUT2D eigenvalue weighted by Gasteiger charge is 2.23. The van der Waals surface area contributed by atoms with Crippen LogP contribution in [-0.4, -0.2) is 5.11 Å². The van der Waals surface area contributed by atoms with E-state index in [9.17, 15) is 5.11 Å². The van der Waals surface area contributed by atoms with Gasteiger partial charge in [-0.2, -0.15) is 0 Å². The van der Waals surface area contributed by atoms with E-state index in [1.54, 1.807) is 11.3 Å². The van der Waals surface area contributed by atoms with Gasteiger partial charge in [0, 0.05) is 11.3 Å². The number of hydrogen-bond acceptors (Lipinski definition) is 2. The Labute approximate surface area is 100 Å². The molecule has 1 aromatic heterocycles. The number of benzene rings is 1. The first-order chi connectivity index (χ1) is 7.58. The van der Waals surface area contributed by atoms with Gasteiger partial charge >= 0.3 is 0 Å². The number of hydrogen-bond donors (Lipinski definition) is 1. The van der Waals surface area contributed by atoms with Crippen LogP contribution < -0.4 is 0 Å². The molecule has 0 saturated carbocycles. The van der Waals surface area contributed by atoms with E-state index >= 15 is 0 Å². The molecule has 1 heterocycles. The van der Waals surface area contributed by atoms with Gasteiger partial charge in [-0.15, -0.1) is 11.3 Å². The summed E-state index contributed by atoms with van der Waals surface area (Å²) in [6.07, 6.45) is 0.674. The first-order valence-corrected chi connectivity index (χ1v) is 6.28. The fraction of sp³-hybridized carbons (Fsp3) is 0.286. The SMILES string of the molecule is Cc1ccc(C(C)(O)Cc2cccs2)cc1. The lowest BCUT2D eigenvalue weighted by Gasteiger charge is -2.23. The molecule has 2 aromatic rings. The van der Waals surface area contributed by atoms with E-state index in [0.29, 0.717) is 6.42 Å². The van der Waals surface area contributed by atoms with Crippen LogP contribution >= 0.6 is 11.3 Å². The minimum atomic E-state index is -0.779. The number of aliphatic hydroxyl groups is 1. The highest BCUT2D eigenvalue weighted by molar-refractivity contribution is 7.09. The van der Waals surface area contributed by atoms with Crippen molar-refractivity contribution < 1.29 is 5.11 Å². The maximum Gasteiger partial charge on any atom is 0.0916 e. The Morgan fingerprint density at radius 3 is 2.44 bits per heavy atom. The molecule has 16 heavy (non-hydrogen) atoms. The average molecular weight is 232 g/mol. The molecule has 0 spiro atoms. The lowest BCUT2D eigenvalue weighted by Crippen LogP contribution is -2.23. The topological polar surface area (TPSA) is 20.2 Å². The van der Waals surface area contributed by atoms with Crippen molar-refractivity contribution in [1.82, 2.24) is 0 Å². The second kappa shape index (κ2) is 4.40. The summed E-state index contributed by atoms with van der Waals surface area (Å²) in [4.78, 5) is 1.21. The van der Waals surface area contributed by atoms with Crippen molar-refractivity contribution in [2.24, 2.45) is 0 Å². The Morgan fingerprint density at radius 2 is 1.88 bits per heavy atom. The van der Waals surface area contributed by atoms with E-state index in [-0.39, 0.29) is 0 Å². The van der Waals surface area contributed by atoms with Crippen molar-refractivity contribution in [3.63, 3.8) is 0 Å². The van der Waals surface area contributed by atoms with Crippen molar-refractivity contribution in [2.75, 3.05) is 0 Å². The highest BCUT2D eigenvalue weighted by Crippen LogP contribution is 2.27. The van der Waals surface area contributed by atoms with E-state index in [2.05, 4.69) is 13.0 Å². The summed E-state index contributed by atoms with van der Waals surface area (Å²) in [5.41, 5.74) is 1.42. The molecule has 1 aromatic carbocycles. The van der Waals surface area contributed by atoms with E-state index < -0.39 is 5.60 Å². The van der Waals surface area contributed by atoms with Crippen LogP contribution in [0.25, 0.3) is 0 Å². The van der Waals surface area contributed by atoms with Crippen LogP contribution in [0.5, 0.6) is 0 Å². The summed E-state index contributed by atoms with van der Waals surface area (Å²) >= 11 is 1.69. The highest BCUT2D eigenvalue weighted by atomic mass is 32.1. The molecule has 1 atom stereocenters. The molecule has 0 saturated heterocycles. The molecule has 2 heteroatoms. The zero-order valence-corrected chi connectivity index (χ0v) is 10.4. The molecule has 0 fully saturated rings. The zero-order chi connectivity index (χ0) is 11.6. The van der Waals surface area contributed by atoms with Crippen LogP contribution in [0.4, 0.5) is 0 Å². The fourth-order valence-corrected chi connectivity index (χ4v) is 2.62. The smallest absolute Gasteiger partial charge is 0.0916 e. The van der Waals surface area contributed by atoms with Gasteiger partial charge in [0.15, 0.2) is 0 Å². The Kier molecular flexibility index (Phi) is 3.13. The van der Waals surface area contributed by atoms with Crippen LogP contribution in [0, 0.1) is 6.92 Å². The van der Waals surface area contributed by atoms with E-state index in [1.807, 2.05) is 42.6 Å². The maximum absolute atomic E-state index is 10.5. The quantitative estimate of drug-likeness (QED) is 0.858. The van der Waals surface area contributed by atoms with Gasteiger partial charge in [-0.05, 0) is 30.9 Å². The predicted octanol–water partition coefficient (Wildman–Crippen LogP) is 3.51. The van der Waals surface area contributed by atoms with Crippen LogP contribution in [0.2, 0.25) is 0 Å². The van der Waals surface area contributed by atoms with Gasteiger partial charge in [-0.1, -0.05) is 35.9 Å². The van der Waals surface area contributed by atoms with Crippen molar-refractivity contribution >= 4 is 11.3 Å². The summed E-state index contributed by atoms with van der Waals surface area (Å²) < 4.78 is 0. The van der Waals surface area contributed by atoms with Crippen LogP contribution in [0.3, 0.4) is 0 Å². The number of aryl methyl sites for hydroxylation is 1. The molecule has 1 nitrogen and oxygen atoms in total. The summed E-state index contributed by atoms with van der Waals surface area (Å²) in [7, 11) is 0. The minimum Gasteiger partial charge on any atom is -0.385 e. The molecule has 84 valence electrons. The van der Waals surface area contributed by atoms with Gasteiger partial charge in [0.1, 0.15) is 0 Å². The Hall–Kier alpha value is -1.12. The standard InChI is InChI=1S/C14H16OS/c1-11-5-7-12(8-6-11)14(2,15)10-13-4-3-9-16-13/h3-9,15H,10H2,1-2H3. The molecular weight excluding hydrogens is 216 g/mol. The maximum atomic E-state index is 10.5. The molecule has 0 radical (unpaired) electrons. The first-order valence-electron chi connectivity index (χ1n) is 5.40. The van der Waals surface area contributed by atoms with Crippen molar-refractivity contribution in [3.05, 3.63) is 57.8 Å². The van der Waals surface area contributed by atoms with Gasteiger partial charge in [0.25, 0.3) is 0 Å². The normalized spacial score (nSPS) is 14.7. The third kappa shape index (κ3) is 2.52. The van der Waals surface area contributed by atoms with Crippen LogP contribution in [0.15, 0.2) is 41.8 Å². The van der Waals surface area contributed by atoms with Crippen LogP contribution in [-0.2, 0) is 12.0 Å². The lowest BCUT2D eigenvalue weighted by molar-refractivity contribution is 0.0585. The Morgan fingerprint density at radius 1 is 1.19 bits per heavy atom. The Bertz CT molecular complexity index is 440. The number of thiophene rings is 1. The molecule has 2 rings (SSSR count). The van der Waals surface area contributed by atoms with Gasteiger partial charge < -0.3 is 5.11 Å². The summed E-state index contributed by atoms with van der Waals surface area (Å²) in [5.74, 6) is 0. The largest absolute Gasteiger partial charge is 0.385 e. The van der Waals surface area contributed by atoms with Crippen LogP contribution in [0.1, 0.15) is 22.9 Å². The van der Waals surface area contributed by atoms with Gasteiger partial charge in [-0.25, -0.2) is 0 Å². The third-order valence-electron chi connectivity index (χ3n) is 2.77. The molecule has 0 aliphatic carbocycles. The Balaban J connectivity index is 2.21. The number of rotatable bonds is 3. The average Bonchev–Trinajstić information content (AvgIpc) is 2.70. The molecule has 0 aliphatic heterocycles. The summed E-state index contributed by atoms with van der Waals surface area (Å²) in [6, 6.07) is 12.2. The van der Waals surface area contributed by atoms with Crippen molar-refractivity contribution in [2.45, 2.75) is 25.9 Å². The third-order valence-corrected chi connectivity index (χ3v) is 3.65. The van der Waals surface area contributed by atoms with E-state index in [1.165, 1.54) is 10.4 Å². The molecule has 0 amide bonds. The first kappa shape index (κ1) is 11.4. The van der Waals surface area contributed by atoms with Crippen molar-refractivity contribution in [1.29, 1.82) is 0 Å². The lowest BCUT2D eigenvalue weighted by atomic mass is 9.91. The van der Waals surface area contributed by atoms with E-state index in [4.69, 9.17) is 0 Å². The molecule has 1 N–H and O–H groups in total. The van der Waals surface area contributed by atoms with Crippen molar-refractivity contribution in [3.8, 4) is 0 Å². The van der Waals surface area contributed by atoms with Gasteiger partial charge in [0.05, 0.1) is 5.60 Å². The van der Waals surface area contributed by atoms with E-state index in [0.717, 1.165) is 5.56 Å². The second-order valence-electron chi connectivity index (χ2n) is 4.40. The van der Waals surface area contributed by atoms with Gasteiger partial charge in [-0.3, -0.25) is 0 Å². The molecule has 0 bridgehead atoms.